The fraction of sp³-hybridized carbons (Fsp3) is 0.375. The molecule has 1 saturated heterocycles. The van der Waals surface area contributed by atoms with Gasteiger partial charge in [-0.15, -0.1) is 0 Å². The monoisotopic (exact) mass is 436 g/mol. The number of carbonyl (C=O) groups excluding carboxylic acids is 1. The zero-order chi connectivity index (χ0) is 22.8. The molecule has 4 rings (SSSR count). The Labute approximate surface area is 186 Å². The molecule has 1 fully saturated rings. The summed E-state index contributed by atoms with van der Waals surface area (Å²) in [6, 6.07) is 14.5. The van der Waals surface area contributed by atoms with Gasteiger partial charge in [-0.3, -0.25) is 18.7 Å². The number of carbonyl (C=O) groups is 1. The molecule has 2 atom stereocenters. The number of anilines is 2. The van der Waals surface area contributed by atoms with E-state index in [1.54, 1.807) is 31.2 Å². The predicted octanol–water partition coefficient (Wildman–Crippen LogP) is 2.44. The van der Waals surface area contributed by atoms with E-state index in [9.17, 15) is 14.4 Å². The van der Waals surface area contributed by atoms with Gasteiger partial charge >= 0.3 is 5.69 Å². The van der Waals surface area contributed by atoms with Crippen LogP contribution >= 0.6 is 0 Å². The summed E-state index contributed by atoms with van der Waals surface area (Å²) in [5, 5.41) is 3.27. The van der Waals surface area contributed by atoms with Gasteiger partial charge in [0.05, 0.1) is 23.1 Å². The number of para-hydroxylation sites is 1. The minimum atomic E-state index is -0.489. The molecule has 1 aromatic heterocycles. The number of aromatic nitrogens is 2. The molecule has 32 heavy (non-hydrogen) atoms. The molecule has 0 radical (unpaired) electrons. The molecule has 0 saturated carbocycles. The number of fused-ring (bicyclic) bond motifs is 1. The van der Waals surface area contributed by atoms with Crippen LogP contribution in [0.2, 0.25) is 0 Å². The van der Waals surface area contributed by atoms with Crippen LogP contribution < -0.4 is 21.5 Å². The third-order valence-corrected chi connectivity index (χ3v) is 5.69. The Balaban J connectivity index is 1.53. The van der Waals surface area contributed by atoms with Crippen LogP contribution in [0.5, 0.6) is 0 Å². The molecule has 2 heterocycles. The minimum Gasteiger partial charge on any atom is -0.372 e. The zero-order valence-electron chi connectivity index (χ0n) is 18.6. The molecule has 0 bridgehead atoms. The number of hydrogen-bond donors (Lipinski definition) is 1. The van der Waals surface area contributed by atoms with Gasteiger partial charge < -0.3 is 15.0 Å². The van der Waals surface area contributed by atoms with Crippen LogP contribution in [0.4, 0.5) is 11.4 Å². The van der Waals surface area contributed by atoms with Crippen LogP contribution in [0.25, 0.3) is 10.9 Å². The first-order valence-corrected chi connectivity index (χ1v) is 10.9. The van der Waals surface area contributed by atoms with Crippen LogP contribution in [0.3, 0.4) is 0 Å². The normalized spacial score (nSPS) is 18.7. The summed E-state index contributed by atoms with van der Waals surface area (Å²) in [5.41, 5.74) is 1.34. The maximum Gasteiger partial charge on any atom is 0.331 e. The second kappa shape index (κ2) is 9.00. The number of nitrogens with one attached hydrogen (secondary N) is 1. The van der Waals surface area contributed by atoms with Crippen LogP contribution in [0.15, 0.2) is 58.1 Å². The van der Waals surface area contributed by atoms with Crippen molar-refractivity contribution in [3.63, 3.8) is 0 Å². The number of rotatable bonds is 5. The van der Waals surface area contributed by atoms with E-state index in [2.05, 4.69) is 24.1 Å². The Kier molecular flexibility index (Phi) is 6.14. The average Bonchev–Trinajstić information content (AvgIpc) is 2.77. The van der Waals surface area contributed by atoms with Crippen molar-refractivity contribution in [2.45, 2.75) is 46.1 Å². The van der Waals surface area contributed by atoms with Gasteiger partial charge in [0.15, 0.2) is 0 Å². The van der Waals surface area contributed by atoms with Gasteiger partial charge in [-0.1, -0.05) is 12.1 Å². The summed E-state index contributed by atoms with van der Waals surface area (Å²) in [6.45, 7) is 7.55. The van der Waals surface area contributed by atoms with Gasteiger partial charge in [0.1, 0.15) is 6.54 Å². The Morgan fingerprint density at radius 2 is 1.66 bits per heavy atom. The number of benzene rings is 2. The van der Waals surface area contributed by atoms with E-state index in [0.29, 0.717) is 16.6 Å². The molecular formula is C24H28N4O4. The molecule has 0 aliphatic carbocycles. The standard InChI is InChI=1S/C24H28N4O4/c1-4-27-23(30)20-7-5-6-8-21(20)28(24(27)31)15-22(29)25-18-9-11-19(12-10-18)26-13-16(2)32-17(3)14-26/h5-12,16-17H,4,13-15H2,1-3H3,(H,25,29). The highest BCUT2D eigenvalue weighted by Crippen LogP contribution is 2.22. The summed E-state index contributed by atoms with van der Waals surface area (Å²) in [5.74, 6) is -0.333. The van der Waals surface area contributed by atoms with E-state index in [-0.39, 0.29) is 36.8 Å². The Morgan fingerprint density at radius 1 is 1.00 bits per heavy atom. The summed E-state index contributed by atoms with van der Waals surface area (Å²) in [6.07, 6.45) is 0.329. The number of hydrogen-bond acceptors (Lipinski definition) is 5. The number of morpholine rings is 1. The van der Waals surface area contributed by atoms with Gasteiger partial charge in [0.2, 0.25) is 5.91 Å². The second-order valence-corrected chi connectivity index (χ2v) is 8.19. The van der Waals surface area contributed by atoms with Crippen molar-refractivity contribution in [2.75, 3.05) is 23.3 Å². The Bertz CT molecular complexity index is 1240. The molecule has 2 aromatic carbocycles. The SMILES string of the molecule is CCn1c(=O)c2ccccc2n(CC(=O)Nc2ccc(N3CC(C)OC(C)C3)cc2)c1=O. The number of amides is 1. The van der Waals surface area contributed by atoms with Crippen molar-refractivity contribution in [3.05, 3.63) is 69.4 Å². The quantitative estimate of drug-likeness (QED) is 0.664. The molecular weight excluding hydrogens is 408 g/mol. The summed E-state index contributed by atoms with van der Waals surface area (Å²) >= 11 is 0. The van der Waals surface area contributed by atoms with Gasteiger partial charge in [0.25, 0.3) is 5.56 Å². The van der Waals surface area contributed by atoms with Crippen molar-refractivity contribution in [3.8, 4) is 0 Å². The smallest absolute Gasteiger partial charge is 0.331 e. The van der Waals surface area contributed by atoms with E-state index in [4.69, 9.17) is 4.74 Å². The van der Waals surface area contributed by atoms with Crippen molar-refractivity contribution in [1.82, 2.24) is 9.13 Å². The van der Waals surface area contributed by atoms with Crippen LogP contribution in [0, 0.1) is 0 Å². The molecule has 0 spiro atoms. The van der Waals surface area contributed by atoms with Gasteiger partial charge in [-0.25, -0.2) is 4.79 Å². The lowest BCUT2D eigenvalue weighted by molar-refractivity contribution is -0.116. The third kappa shape index (κ3) is 4.31. The second-order valence-electron chi connectivity index (χ2n) is 8.19. The molecule has 168 valence electrons. The molecule has 8 heteroatoms. The average molecular weight is 437 g/mol. The molecule has 1 aliphatic heterocycles. The molecule has 8 nitrogen and oxygen atoms in total. The lowest BCUT2D eigenvalue weighted by Gasteiger charge is -2.36. The van der Waals surface area contributed by atoms with E-state index in [0.717, 1.165) is 23.3 Å². The highest BCUT2D eigenvalue weighted by Gasteiger charge is 2.22. The minimum absolute atomic E-state index is 0.164. The first kappa shape index (κ1) is 21.8. The predicted molar refractivity (Wildman–Crippen MR) is 125 cm³/mol. The lowest BCUT2D eigenvalue weighted by Crippen LogP contribution is -2.45. The summed E-state index contributed by atoms with van der Waals surface area (Å²) < 4.78 is 8.28. The topological polar surface area (TPSA) is 85.6 Å². The molecule has 3 aromatic rings. The first-order chi connectivity index (χ1) is 15.4. The van der Waals surface area contributed by atoms with E-state index >= 15 is 0 Å². The largest absolute Gasteiger partial charge is 0.372 e. The third-order valence-electron chi connectivity index (χ3n) is 5.69. The highest BCUT2D eigenvalue weighted by molar-refractivity contribution is 5.91. The molecule has 1 N–H and O–H groups in total. The van der Waals surface area contributed by atoms with E-state index in [1.165, 1.54) is 4.57 Å². The zero-order valence-corrected chi connectivity index (χ0v) is 18.6. The van der Waals surface area contributed by atoms with Crippen LogP contribution in [0.1, 0.15) is 20.8 Å². The van der Waals surface area contributed by atoms with E-state index in [1.807, 2.05) is 24.3 Å². The Hall–Kier alpha value is -3.39. The fourth-order valence-corrected chi connectivity index (χ4v) is 4.29. The van der Waals surface area contributed by atoms with E-state index < -0.39 is 5.69 Å². The maximum absolute atomic E-state index is 12.8. The van der Waals surface area contributed by atoms with Crippen molar-refractivity contribution in [1.29, 1.82) is 0 Å². The maximum atomic E-state index is 12.8. The fourth-order valence-electron chi connectivity index (χ4n) is 4.29. The lowest BCUT2D eigenvalue weighted by atomic mass is 10.2. The highest BCUT2D eigenvalue weighted by atomic mass is 16.5. The van der Waals surface area contributed by atoms with Gasteiger partial charge in [-0.2, -0.15) is 0 Å². The first-order valence-electron chi connectivity index (χ1n) is 10.9. The van der Waals surface area contributed by atoms with Gasteiger partial charge in [0, 0.05) is 31.0 Å². The Morgan fingerprint density at radius 3 is 2.31 bits per heavy atom. The molecule has 1 amide bonds. The summed E-state index contributed by atoms with van der Waals surface area (Å²) in [4.78, 5) is 40.4. The van der Waals surface area contributed by atoms with Crippen molar-refractivity contribution < 1.29 is 9.53 Å². The number of ether oxygens (including phenoxy) is 1. The molecule has 1 aliphatic rings. The van der Waals surface area contributed by atoms with Crippen molar-refractivity contribution >= 4 is 28.2 Å². The van der Waals surface area contributed by atoms with Gasteiger partial charge in [-0.05, 0) is 57.2 Å². The van der Waals surface area contributed by atoms with Crippen molar-refractivity contribution in [2.24, 2.45) is 0 Å². The molecule has 2 unspecified atom stereocenters. The van der Waals surface area contributed by atoms with Crippen LogP contribution in [-0.4, -0.2) is 40.3 Å². The van der Waals surface area contributed by atoms with Crippen LogP contribution in [-0.2, 0) is 22.6 Å². The number of nitrogens with zero attached hydrogens (tertiary/aromatic N) is 3. The summed E-state index contributed by atoms with van der Waals surface area (Å²) in [7, 11) is 0.